The minimum absolute atomic E-state index is 0.0610. The number of ether oxygens (including phenoxy) is 2. The fourth-order valence-corrected chi connectivity index (χ4v) is 2.25. The summed E-state index contributed by atoms with van der Waals surface area (Å²) >= 11 is 0. The van der Waals surface area contributed by atoms with Gasteiger partial charge >= 0.3 is 12.8 Å². The molecule has 1 aromatic carbocycles. The molecule has 1 amide bonds. The number of nitrogens with zero attached hydrogens (tertiary/aromatic N) is 1. The number of halogens is 5. The van der Waals surface area contributed by atoms with Gasteiger partial charge in [-0.25, -0.2) is 0 Å². The van der Waals surface area contributed by atoms with Gasteiger partial charge in [0.15, 0.2) is 11.5 Å². The van der Waals surface area contributed by atoms with Crippen molar-refractivity contribution in [2.75, 3.05) is 7.11 Å². The second kappa shape index (κ2) is 8.72. The van der Waals surface area contributed by atoms with Crippen LogP contribution in [-0.4, -0.2) is 24.2 Å². The van der Waals surface area contributed by atoms with Crippen LogP contribution in [0.1, 0.15) is 11.1 Å². The Morgan fingerprint density at radius 2 is 1.89 bits per heavy atom. The van der Waals surface area contributed by atoms with E-state index < -0.39 is 36.4 Å². The van der Waals surface area contributed by atoms with Gasteiger partial charge in [0.05, 0.1) is 12.7 Å². The molecule has 1 aromatic heterocycles. The van der Waals surface area contributed by atoms with Crippen molar-refractivity contribution in [3.05, 3.63) is 58.0 Å². The number of rotatable bonds is 7. The summed E-state index contributed by atoms with van der Waals surface area (Å²) in [6.45, 7) is -3.85. The first-order valence-corrected chi connectivity index (χ1v) is 7.76. The van der Waals surface area contributed by atoms with Crippen LogP contribution in [0.25, 0.3) is 0 Å². The van der Waals surface area contributed by atoms with E-state index in [2.05, 4.69) is 10.1 Å². The number of hydrogen-bond donors (Lipinski definition) is 1. The van der Waals surface area contributed by atoms with E-state index in [0.29, 0.717) is 28.5 Å². The van der Waals surface area contributed by atoms with E-state index in [-0.39, 0.29) is 18.0 Å². The molecular formula is C17H15F5N2O4. The Balaban J connectivity index is 2.06. The fourth-order valence-electron chi connectivity index (χ4n) is 2.25. The number of methoxy groups -OCH3 is 1. The highest BCUT2D eigenvalue weighted by Crippen LogP contribution is 2.29. The maximum absolute atomic E-state index is 12.7. The van der Waals surface area contributed by atoms with E-state index in [1.807, 2.05) is 0 Å². The Hall–Kier alpha value is -3.11. The maximum atomic E-state index is 12.7. The lowest BCUT2D eigenvalue weighted by molar-refractivity contribution is -0.138. The van der Waals surface area contributed by atoms with Crippen molar-refractivity contribution < 1.29 is 36.2 Å². The van der Waals surface area contributed by atoms with Crippen LogP contribution in [0.2, 0.25) is 0 Å². The fraction of sp³-hybridized carbons (Fsp3) is 0.294. The Bertz CT molecular complexity index is 896. The van der Waals surface area contributed by atoms with Gasteiger partial charge in [0, 0.05) is 18.8 Å². The van der Waals surface area contributed by atoms with Crippen molar-refractivity contribution in [3.63, 3.8) is 0 Å². The first-order chi connectivity index (χ1) is 13.1. The van der Waals surface area contributed by atoms with Crippen molar-refractivity contribution in [1.29, 1.82) is 0 Å². The number of aromatic nitrogens is 1. The highest BCUT2D eigenvalue weighted by Gasteiger charge is 2.31. The molecule has 0 bridgehead atoms. The zero-order chi connectivity index (χ0) is 20.9. The average molecular weight is 406 g/mol. The smallest absolute Gasteiger partial charge is 0.417 e. The van der Waals surface area contributed by atoms with Crippen molar-refractivity contribution >= 4 is 5.91 Å². The van der Waals surface area contributed by atoms with Crippen LogP contribution in [0.3, 0.4) is 0 Å². The molecule has 0 unspecified atom stereocenters. The largest absolute Gasteiger partial charge is 0.493 e. The van der Waals surface area contributed by atoms with E-state index in [1.54, 1.807) is 0 Å². The van der Waals surface area contributed by atoms with Gasteiger partial charge in [-0.1, -0.05) is 6.07 Å². The Labute approximate surface area is 155 Å². The number of amides is 1. The predicted molar refractivity (Wildman–Crippen MR) is 87.2 cm³/mol. The third-order valence-corrected chi connectivity index (χ3v) is 3.56. The van der Waals surface area contributed by atoms with Crippen LogP contribution in [0.5, 0.6) is 11.5 Å². The lowest BCUT2D eigenvalue weighted by atomic mass is 10.2. The zero-order valence-corrected chi connectivity index (χ0v) is 14.4. The summed E-state index contributed by atoms with van der Waals surface area (Å²) in [5, 5.41) is 2.39. The number of carbonyl (C=O) groups excluding carboxylic acids is 1. The summed E-state index contributed by atoms with van der Waals surface area (Å²) in [4.78, 5) is 23.6. The molecule has 11 heteroatoms. The first kappa shape index (κ1) is 21.2. The number of hydrogen-bond acceptors (Lipinski definition) is 4. The van der Waals surface area contributed by atoms with Crippen LogP contribution in [0.15, 0.2) is 41.3 Å². The first-order valence-electron chi connectivity index (χ1n) is 7.76. The van der Waals surface area contributed by atoms with Crippen LogP contribution in [0, 0.1) is 0 Å². The molecule has 1 N–H and O–H groups in total. The Morgan fingerprint density at radius 1 is 1.18 bits per heavy atom. The standard InChI is InChI=1S/C17H15F5N2O4/c1-27-12-4-2-10(6-13(12)28-16(18)19)7-23-14(25)9-24-8-11(17(20,21)22)3-5-15(24)26/h2-6,8,16H,7,9H2,1H3,(H,23,25). The molecule has 0 aliphatic rings. The lowest BCUT2D eigenvalue weighted by Crippen LogP contribution is -2.32. The Morgan fingerprint density at radius 3 is 2.50 bits per heavy atom. The SMILES string of the molecule is COc1ccc(CNC(=O)Cn2cc(C(F)(F)F)ccc2=O)cc1OC(F)F. The molecule has 2 aromatic rings. The van der Waals surface area contributed by atoms with E-state index in [9.17, 15) is 31.5 Å². The average Bonchev–Trinajstić information content (AvgIpc) is 2.60. The minimum Gasteiger partial charge on any atom is -0.493 e. The van der Waals surface area contributed by atoms with Gasteiger partial charge in [0.25, 0.3) is 5.56 Å². The summed E-state index contributed by atoms with van der Waals surface area (Å²) in [6.07, 6.45) is -4.11. The van der Waals surface area contributed by atoms with Crippen molar-refractivity contribution in [2.24, 2.45) is 0 Å². The number of pyridine rings is 1. The van der Waals surface area contributed by atoms with Crippen LogP contribution in [-0.2, 0) is 24.1 Å². The Kier molecular flexibility index (Phi) is 6.60. The van der Waals surface area contributed by atoms with E-state index in [1.165, 1.54) is 25.3 Å². The van der Waals surface area contributed by atoms with Gasteiger partial charge in [0.1, 0.15) is 6.54 Å². The van der Waals surface area contributed by atoms with Gasteiger partial charge in [0.2, 0.25) is 5.91 Å². The third-order valence-electron chi connectivity index (χ3n) is 3.56. The molecule has 2 rings (SSSR count). The van der Waals surface area contributed by atoms with Gasteiger partial charge in [-0.3, -0.25) is 9.59 Å². The van der Waals surface area contributed by atoms with E-state index in [0.717, 1.165) is 0 Å². The van der Waals surface area contributed by atoms with Crippen molar-refractivity contribution in [3.8, 4) is 11.5 Å². The monoisotopic (exact) mass is 406 g/mol. The summed E-state index contributed by atoms with van der Waals surface area (Å²) in [5.41, 5.74) is -1.47. The molecule has 0 aliphatic carbocycles. The molecule has 28 heavy (non-hydrogen) atoms. The molecule has 0 aliphatic heterocycles. The molecule has 0 fully saturated rings. The number of alkyl halides is 5. The lowest BCUT2D eigenvalue weighted by Gasteiger charge is -2.13. The van der Waals surface area contributed by atoms with Crippen LogP contribution < -0.4 is 20.3 Å². The van der Waals surface area contributed by atoms with E-state index >= 15 is 0 Å². The van der Waals surface area contributed by atoms with Gasteiger partial charge in [-0.05, 0) is 23.8 Å². The predicted octanol–water partition coefficient (Wildman–Crippen LogP) is 2.79. The second-order valence-electron chi connectivity index (χ2n) is 5.52. The number of carbonyl (C=O) groups is 1. The second-order valence-corrected chi connectivity index (χ2v) is 5.52. The molecule has 0 atom stereocenters. The molecular weight excluding hydrogens is 391 g/mol. The summed E-state index contributed by atoms with van der Waals surface area (Å²) in [6, 6.07) is 5.40. The highest BCUT2D eigenvalue weighted by atomic mass is 19.4. The van der Waals surface area contributed by atoms with Gasteiger partial charge in [-0.2, -0.15) is 22.0 Å². The third kappa shape index (κ3) is 5.69. The molecule has 6 nitrogen and oxygen atoms in total. The minimum atomic E-state index is -4.66. The van der Waals surface area contributed by atoms with Gasteiger partial charge < -0.3 is 19.4 Å². The zero-order valence-electron chi connectivity index (χ0n) is 14.4. The molecule has 1 heterocycles. The maximum Gasteiger partial charge on any atom is 0.417 e. The molecule has 152 valence electrons. The van der Waals surface area contributed by atoms with Crippen molar-refractivity contribution in [2.45, 2.75) is 25.9 Å². The molecule has 0 saturated carbocycles. The molecule has 0 radical (unpaired) electrons. The highest BCUT2D eigenvalue weighted by molar-refractivity contribution is 5.75. The number of nitrogens with one attached hydrogen (secondary N) is 1. The molecule has 0 spiro atoms. The number of benzene rings is 1. The van der Waals surface area contributed by atoms with Crippen LogP contribution in [0.4, 0.5) is 22.0 Å². The topological polar surface area (TPSA) is 69.6 Å². The van der Waals surface area contributed by atoms with Crippen LogP contribution >= 0.6 is 0 Å². The normalized spacial score (nSPS) is 11.4. The summed E-state index contributed by atoms with van der Waals surface area (Å²) in [7, 11) is 1.27. The van der Waals surface area contributed by atoms with Crippen molar-refractivity contribution in [1.82, 2.24) is 9.88 Å². The summed E-state index contributed by atoms with van der Waals surface area (Å²) < 4.78 is 72.8. The van der Waals surface area contributed by atoms with Gasteiger partial charge in [-0.15, -0.1) is 0 Å². The van der Waals surface area contributed by atoms with E-state index in [4.69, 9.17) is 4.74 Å². The quantitative estimate of drug-likeness (QED) is 0.718. The molecule has 0 saturated heterocycles. The summed E-state index contributed by atoms with van der Waals surface area (Å²) in [5.74, 6) is -0.919.